The van der Waals surface area contributed by atoms with Crippen LogP contribution < -0.4 is 10.4 Å². The number of fused-ring (bicyclic) bond motifs is 7. The molecule has 1 aliphatic heterocycles. The Kier molecular flexibility index (Phi) is 4.11. The topological polar surface area (TPSA) is 9.86 Å². The summed E-state index contributed by atoms with van der Waals surface area (Å²) in [5, 5.41) is 7.99. The number of hydrogen-bond acceptors (Lipinski definition) is 0. The maximum absolute atomic E-state index is 2.98. The predicted octanol–water partition coefficient (Wildman–Crippen LogP) is 7.54. The van der Waals surface area contributed by atoms with E-state index in [0.717, 1.165) is 0 Å². The summed E-state index contributed by atoms with van der Waals surface area (Å²) >= 11 is 0. The molecule has 183 valence electrons. The molecule has 3 heteroatoms. The zero-order valence-corrected chi connectivity index (χ0v) is 22.3. The molecule has 39 heavy (non-hydrogen) atoms. The average molecular weight is 513 g/mol. The first-order valence-electron chi connectivity index (χ1n) is 13.6. The molecule has 6 aromatic carbocycles. The fourth-order valence-corrected chi connectivity index (χ4v) is 12.4. The van der Waals surface area contributed by atoms with Crippen molar-refractivity contribution in [3.05, 3.63) is 146 Å². The monoisotopic (exact) mass is 512 g/mol. The van der Waals surface area contributed by atoms with Crippen LogP contribution in [0.4, 0.5) is 0 Å². The predicted molar refractivity (Wildman–Crippen MR) is 167 cm³/mol. The minimum Gasteiger partial charge on any atom is -0.469 e. The normalized spacial score (nSPS) is 13.8. The van der Waals surface area contributed by atoms with Gasteiger partial charge in [0, 0.05) is 54.7 Å². The van der Waals surface area contributed by atoms with Gasteiger partial charge in [-0.2, -0.15) is 0 Å². The second-order valence-electron chi connectivity index (χ2n) is 10.5. The van der Waals surface area contributed by atoms with Crippen molar-refractivity contribution in [2.45, 2.75) is 0 Å². The fourth-order valence-electron chi connectivity index (χ4n) is 7.27. The smallest absolute Gasteiger partial charge is 0.130 e. The lowest BCUT2D eigenvalue weighted by Crippen LogP contribution is -2.69. The third kappa shape index (κ3) is 2.51. The third-order valence-electron chi connectivity index (χ3n) is 8.68. The van der Waals surface area contributed by atoms with Gasteiger partial charge in [-0.05, 0) is 12.1 Å². The first-order chi connectivity index (χ1) is 19.4. The van der Waals surface area contributed by atoms with Crippen molar-refractivity contribution in [1.82, 2.24) is 8.47 Å². The number of hydrogen-bond donors (Lipinski definition) is 0. The van der Waals surface area contributed by atoms with E-state index in [4.69, 9.17) is 0 Å². The van der Waals surface area contributed by atoms with Gasteiger partial charge < -0.3 is 8.47 Å². The average Bonchev–Trinajstić information content (AvgIpc) is 3.49. The molecule has 0 radical (unpaired) electrons. The van der Waals surface area contributed by atoms with E-state index < -0.39 is 8.40 Å². The number of para-hydroxylation sites is 4. The van der Waals surface area contributed by atoms with Crippen molar-refractivity contribution in [3.8, 4) is 11.1 Å². The van der Waals surface area contributed by atoms with Crippen molar-refractivity contribution in [2.24, 2.45) is 0 Å². The highest BCUT2D eigenvalue weighted by Gasteiger charge is 2.37. The Morgan fingerprint density at radius 2 is 0.718 bits per heavy atom. The molecule has 0 N–H and O–H groups in total. The fraction of sp³-hybridized carbons (Fsp3) is 0. The van der Waals surface area contributed by atoms with Crippen molar-refractivity contribution in [3.63, 3.8) is 0 Å². The van der Waals surface area contributed by atoms with Crippen LogP contribution in [0.2, 0.25) is 0 Å². The van der Waals surface area contributed by atoms with Gasteiger partial charge in [0.2, 0.25) is 0 Å². The molecule has 0 unspecified atom stereocenters. The SMILES string of the molecule is c1ccc([Si-]2(c3ccccc3)n3c4ccccc4c4cccc(c43)-c3cccc4c5ccccc5n2c34)cc1. The molecule has 0 spiro atoms. The van der Waals surface area contributed by atoms with Gasteiger partial charge in [-0.1, -0.05) is 133 Å². The van der Waals surface area contributed by atoms with Gasteiger partial charge in [0.05, 0.1) is 0 Å². The van der Waals surface area contributed by atoms with Gasteiger partial charge in [-0.15, -0.1) is 10.4 Å². The highest BCUT2D eigenvalue weighted by atomic mass is 28.3. The summed E-state index contributed by atoms with van der Waals surface area (Å²) in [7, 11) is -2.98. The Labute approximate surface area is 227 Å². The molecule has 0 atom stereocenters. The van der Waals surface area contributed by atoms with Gasteiger partial charge in [0.1, 0.15) is 8.40 Å². The molecule has 2 nitrogen and oxygen atoms in total. The van der Waals surface area contributed by atoms with Gasteiger partial charge in [-0.25, -0.2) is 0 Å². The van der Waals surface area contributed by atoms with Crippen LogP contribution in [0, 0.1) is 0 Å². The highest BCUT2D eigenvalue weighted by Crippen LogP contribution is 2.46. The molecule has 0 saturated carbocycles. The summed E-state index contributed by atoms with van der Waals surface area (Å²) in [5.41, 5.74) is 7.85. The number of aromatic nitrogens is 2. The van der Waals surface area contributed by atoms with Gasteiger partial charge in [0.15, 0.2) is 0 Å². The van der Waals surface area contributed by atoms with Crippen LogP contribution in [0.5, 0.6) is 0 Å². The Bertz CT molecular complexity index is 2060. The second-order valence-corrected chi connectivity index (χ2v) is 13.9. The molecule has 1 aliphatic rings. The van der Waals surface area contributed by atoms with Crippen LogP contribution >= 0.6 is 0 Å². The van der Waals surface area contributed by atoms with E-state index >= 15 is 0 Å². The summed E-state index contributed by atoms with van der Waals surface area (Å²) in [6.07, 6.45) is 0. The van der Waals surface area contributed by atoms with Crippen LogP contribution in [0.1, 0.15) is 0 Å². The van der Waals surface area contributed by atoms with Gasteiger partial charge in [-0.3, -0.25) is 0 Å². The standard InChI is InChI=1S/C36H24N2Si/c1-3-13-25(14-4-1)39(26-15-5-2-6-16-26)37-33-23-9-7-17-27(33)29-19-11-21-31(35(29)37)32-22-12-20-30-28-18-8-10-24-34(28)38(39)36(30)32/h1-24H/q-1. The van der Waals surface area contributed by atoms with Crippen molar-refractivity contribution in [1.29, 1.82) is 0 Å². The Hall–Kier alpha value is -4.86. The van der Waals surface area contributed by atoms with Gasteiger partial charge in [0.25, 0.3) is 0 Å². The molecule has 9 rings (SSSR count). The molecular formula is C36H24N2Si-. The summed E-state index contributed by atoms with van der Waals surface area (Å²) in [5.74, 6) is 0. The Morgan fingerprint density at radius 1 is 0.333 bits per heavy atom. The van der Waals surface area contributed by atoms with E-state index in [1.165, 1.54) is 65.1 Å². The van der Waals surface area contributed by atoms with E-state index in [-0.39, 0.29) is 0 Å². The molecule has 8 aromatic rings. The minimum absolute atomic E-state index is 1.29. The van der Waals surface area contributed by atoms with Crippen molar-refractivity contribution >= 4 is 62.4 Å². The summed E-state index contributed by atoms with van der Waals surface area (Å²) in [4.78, 5) is 0. The summed E-state index contributed by atoms with van der Waals surface area (Å²) in [6, 6.07) is 54.3. The first-order valence-corrected chi connectivity index (χ1v) is 15.5. The zero-order valence-electron chi connectivity index (χ0n) is 21.3. The Balaban J connectivity index is 1.70. The summed E-state index contributed by atoms with van der Waals surface area (Å²) < 4.78 is 5.53. The van der Waals surface area contributed by atoms with E-state index in [9.17, 15) is 0 Å². The molecule has 0 saturated heterocycles. The largest absolute Gasteiger partial charge is 0.469 e. The van der Waals surface area contributed by atoms with Crippen molar-refractivity contribution < 1.29 is 0 Å². The third-order valence-corrected chi connectivity index (χ3v) is 13.2. The van der Waals surface area contributed by atoms with Crippen LogP contribution in [-0.2, 0) is 0 Å². The highest BCUT2D eigenvalue weighted by molar-refractivity contribution is 7.02. The van der Waals surface area contributed by atoms with E-state index in [1.807, 2.05) is 0 Å². The molecule has 0 aliphatic carbocycles. The molecule has 2 aromatic heterocycles. The number of nitrogens with zero attached hydrogens (tertiary/aromatic N) is 2. The maximum atomic E-state index is 2.77. The van der Waals surface area contributed by atoms with Crippen LogP contribution in [0.25, 0.3) is 54.7 Å². The molecular weight excluding hydrogens is 488 g/mol. The van der Waals surface area contributed by atoms with Crippen LogP contribution in [0.15, 0.2) is 146 Å². The van der Waals surface area contributed by atoms with E-state index in [1.54, 1.807) is 0 Å². The molecule has 0 amide bonds. The first kappa shape index (κ1) is 21.1. The van der Waals surface area contributed by atoms with E-state index in [0.29, 0.717) is 0 Å². The van der Waals surface area contributed by atoms with Crippen LogP contribution in [0.3, 0.4) is 0 Å². The number of rotatable bonds is 2. The van der Waals surface area contributed by atoms with Crippen LogP contribution in [-0.4, -0.2) is 16.9 Å². The minimum atomic E-state index is -2.98. The lowest BCUT2D eigenvalue weighted by Gasteiger charge is -2.50. The maximum Gasteiger partial charge on any atom is 0.130 e. The van der Waals surface area contributed by atoms with Crippen molar-refractivity contribution in [2.75, 3.05) is 0 Å². The quantitative estimate of drug-likeness (QED) is 0.212. The molecule has 3 heterocycles. The summed E-state index contributed by atoms with van der Waals surface area (Å²) in [6.45, 7) is 0. The Morgan fingerprint density at radius 3 is 1.18 bits per heavy atom. The lowest BCUT2D eigenvalue weighted by atomic mass is 9.99. The zero-order chi connectivity index (χ0) is 25.6. The molecule has 0 fully saturated rings. The lowest BCUT2D eigenvalue weighted by molar-refractivity contribution is 1.16. The van der Waals surface area contributed by atoms with Gasteiger partial charge >= 0.3 is 0 Å². The van der Waals surface area contributed by atoms with E-state index in [2.05, 4.69) is 154 Å². The number of benzene rings is 6. The molecule has 0 bridgehead atoms. The second kappa shape index (κ2) is 7.59.